The van der Waals surface area contributed by atoms with Gasteiger partial charge < -0.3 is 108 Å². The van der Waals surface area contributed by atoms with E-state index in [-0.39, 0.29) is 80.7 Å². The number of hydrogen-bond acceptors (Lipinski definition) is 23. The number of primary amides is 1. The van der Waals surface area contributed by atoms with Gasteiger partial charge in [-0.3, -0.25) is 57.6 Å². The number of β-amino-alcohol motifs (C(OH)–C–C–N with tert-alkyl or cyclic N) is 1. The topological polar surface area (TPSA) is 505 Å². The highest BCUT2D eigenvalue weighted by Crippen LogP contribution is 2.37. The van der Waals surface area contributed by atoms with E-state index in [0.29, 0.717) is 79.3 Å². The van der Waals surface area contributed by atoms with Crippen molar-refractivity contribution < 1.29 is 101 Å². The Hall–Kier alpha value is -7.03. The number of methoxy groups -OCH3 is 1. The zero-order valence-electron chi connectivity index (χ0n) is 53.3. The van der Waals surface area contributed by atoms with Gasteiger partial charge in [0.25, 0.3) is 11.8 Å². The Morgan fingerprint density at radius 3 is 2.12 bits per heavy atom. The lowest BCUT2D eigenvalue weighted by molar-refractivity contribution is -0.138. The first-order chi connectivity index (χ1) is 45.0. The molecule has 0 saturated carbocycles. The first-order valence-electron chi connectivity index (χ1n) is 30.8. The van der Waals surface area contributed by atoms with Crippen LogP contribution in [0.15, 0.2) is 29.3 Å². The smallest absolute Gasteiger partial charge is 0.253 e. The van der Waals surface area contributed by atoms with Crippen molar-refractivity contribution in [3.05, 3.63) is 35.4 Å². The van der Waals surface area contributed by atoms with E-state index < -0.39 is 164 Å². The van der Waals surface area contributed by atoms with Gasteiger partial charge in [0, 0.05) is 77.4 Å². The number of rotatable bonds is 37. The molecule has 0 bridgehead atoms. The molecule has 94 heavy (non-hydrogen) atoms. The lowest BCUT2D eigenvalue weighted by atomic mass is 9.94. The molecule has 1 aromatic carbocycles. The van der Waals surface area contributed by atoms with E-state index in [1.165, 1.54) is 37.9 Å². The first kappa shape index (κ1) is 79.4. The van der Waals surface area contributed by atoms with E-state index in [4.69, 9.17) is 35.2 Å². The van der Waals surface area contributed by atoms with Crippen LogP contribution in [0.4, 0.5) is 0 Å². The molecule has 0 saturated heterocycles. The summed E-state index contributed by atoms with van der Waals surface area (Å²) < 4.78 is 42.8. The Bertz CT molecular complexity index is 2870. The summed E-state index contributed by atoms with van der Waals surface area (Å²) in [6.45, 7) is 4.03. The molecule has 17 N–H and O–H groups in total. The molecule has 4 rings (SSSR count). The van der Waals surface area contributed by atoms with Crippen LogP contribution in [0.1, 0.15) is 70.4 Å². The third kappa shape index (κ3) is 26.6. The van der Waals surface area contributed by atoms with Crippen molar-refractivity contribution in [2.24, 2.45) is 23.3 Å². The number of fused-ring (bicyclic) bond motifs is 3. The summed E-state index contributed by atoms with van der Waals surface area (Å²) in [4.78, 5) is 147. The molecule has 0 radical (unpaired) electrons. The van der Waals surface area contributed by atoms with Crippen molar-refractivity contribution >= 4 is 98.8 Å². The largest absolute Gasteiger partial charge is 0.610 e. The average molecular weight is 1370 g/mol. The molecule has 1 aromatic heterocycles. The van der Waals surface area contributed by atoms with Crippen LogP contribution < -0.4 is 58.7 Å². The molecule has 0 aliphatic carbocycles. The molecule has 526 valence electrons. The SMILES string of the molecule is CC[C@H](C)[C@H](NC(=O)CN)C(=O)NCC(=O)N[C@H]1C[S+]([O-])c2[nH]c3c(CSCCCCNC(=O)CCOCCOCCOCCOCCN4C(=O)C=CC4=O)c(OC)ccc3c2C[C@@H](CO)NC(=O)[C@H]([C@@H](C)[C@@H](O)CO)NC(=O)C[C@@H](O)CNC(=O)[C@H](CC(N)=O)NC1=O. The number of aromatic nitrogens is 1. The van der Waals surface area contributed by atoms with E-state index >= 15 is 4.55 Å². The van der Waals surface area contributed by atoms with Crippen LogP contribution in [0.5, 0.6) is 5.75 Å². The molecule has 0 spiro atoms. The third-order valence-electron chi connectivity index (χ3n) is 15.1. The fourth-order valence-corrected chi connectivity index (χ4v) is 12.0. The highest BCUT2D eigenvalue weighted by Gasteiger charge is 2.38. The monoisotopic (exact) mass is 1370 g/mol. The van der Waals surface area contributed by atoms with Gasteiger partial charge in [0.15, 0.2) is 6.04 Å². The number of hydrogen-bond donors (Lipinski definition) is 15. The number of nitrogens with two attached hydrogens (primary N) is 2. The van der Waals surface area contributed by atoms with Crippen molar-refractivity contribution in [2.45, 2.75) is 119 Å². The number of unbranched alkanes of at least 4 members (excludes halogenated alkanes) is 1. The van der Waals surface area contributed by atoms with E-state index in [1.807, 2.05) is 0 Å². The van der Waals surface area contributed by atoms with Crippen LogP contribution in [0.25, 0.3) is 10.9 Å². The zero-order chi connectivity index (χ0) is 69.3. The predicted octanol–water partition coefficient (Wildman–Crippen LogP) is -5.38. The number of benzene rings is 1. The van der Waals surface area contributed by atoms with Gasteiger partial charge >= 0.3 is 0 Å². The van der Waals surface area contributed by atoms with Crippen LogP contribution in [0.2, 0.25) is 0 Å². The summed E-state index contributed by atoms with van der Waals surface area (Å²) in [7, 11) is 1.44. The predicted molar refractivity (Wildman–Crippen MR) is 340 cm³/mol. The van der Waals surface area contributed by atoms with E-state index in [1.54, 1.807) is 26.0 Å². The zero-order valence-corrected chi connectivity index (χ0v) is 55.0. The van der Waals surface area contributed by atoms with Crippen LogP contribution >= 0.6 is 11.8 Å². The number of ether oxygens (including phenoxy) is 5. The minimum absolute atomic E-state index is 0.0709. The molecular formula is C59H92N12O21S2. The number of carbonyl (C=O) groups excluding carboxylic acids is 11. The van der Waals surface area contributed by atoms with Gasteiger partial charge in [0.2, 0.25) is 58.2 Å². The molecule has 11 amide bonds. The summed E-state index contributed by atoms with van der Waals surface area (Å²) in [6, 6.07) is -4.29. The third-order valence-corrected chi connectivity index (χ3v) is 17.6. The van der Waals surface area contributed by atoms with Gasteiger partial charge in [-0.1, -0.05) is 27.2 Å². The Balaban J connectivity index is 1.52. The number of aliphatic hydroxyl groups is 4. The van der Waals surface area contributed by atoms with Gasteiger partial charge in [-0.25, -0.2) is 0 Å². The van der Waals surface area contributed by atoms with Crippen molar-refractivity contribution in [3.8, 4) is 5.75 Å². The summed E-state index contributed by atoms with van der Waals surface area (Å²) in [5.41, 5.74) is 12.1. The molecule has 2 aliphatic rings. The fourth-order valence-electron chi connectivity index (χ4n) is 9.56. The minimum atomic E-state index is -2.40. The second-order valence-electron chi connectivity index (χ2n) is 22.1. The maximum absolute atomic E-state index is 15.2. The Kier molecular flexibility index (Phi) is 35.8. The number of thioether (sulfide) groups is 1. The fraction of sp³-hybridized carbons (Fsp3) is 0.644. The number of imide groups is 1. The number of aromatic amines is 1. The lowest BCUT2D eigenvalue weighted by Gasteiger charge is -2.29. The Morgan fingerprint density at radius 1 is 0.840 bits per heavy atom. The summed E-state index contributed by atoms with van der Waals surface area (Å²) in [5.74, 6) is -9.69. The van der Waals surface area contributed by atoms with Gasteiger partial charge in [-0.05, 0) is 36.6 Å². The molecule has 1 unspecified atom stereocenters. The molecule has 2 aliphatic heterocycles. The summed E-state index contributed by atoms with van der Waals surface area (Å²) in [6.07, 6.45) is -0.825. The molecular weight excluding hydrogens is 1280 g/mol. The average Bonchev–Trinajstić information content (AvgIpc) is 1.61. The van der Waals surface area contributed by atoms with Crippen molar-refractivity contribution in [1.29, 1.82) is 0 Å². The minimum Gasteiger partial charge on any atom is -0.610 e. The quantitative estimate of drug-likeness (QED) is 0.0171. The maximum atomic E-state index is 15.2. The van der Waals surface area contributed by atoms with Crippen LogP contribution in [-0.2, 0) is 95.0 Å². The second kappa shape index (κ2) is 42.4. The number of nitrogens with one attached hydrogen (secondary N) is 9. The number of H-pyrrole nitrogens is 1. The summed E-state index contributed by atoms with van der Waals surface area (Å²) in [5, 5.41) is 62.7. The van der Waals surface area contributed by atoms with Crippen LogP contribution in [-0.4, -0.2) is 260 Å². The van der Waals surface area contributed by atoms with Crippen LogP contribution in [0.3, 0.4) is 0 Å². The van der Waals surface area contributed by atoms with Gasteiger partial charge in [-0.15, -0.1) is 0 Å². The normalized spacial score (nSPS) is 20.6. The van der Waals surface area contributed by atoms with Gasteiger partial charge in [0.1, 0.15) is 29.6 Å². The molecule has 3 heterocycles. The maximum Gasteiger partial charge on any atom is 0.253 e. The first-order valence-corrected chi connectivity index (χ1v) is 33.3. The molecule has 10 atom stereocenters. The highest BCUT2D eigenvalue weighted by atomic mass is 32.2. The molecule has 0 fully saturated rings. The summed E-state index contributed by atoms with van der Waals surface area (Å²) >= 11 is -0.898. The number of aliphatic hydroxyl groups excluding tert-OH is 4. The Morgan fingerprint density at radius 2 is 1.50 bits per heavy atom. The van der Waals surface area contributed by atoms with Gasteiger partial charge in [-0.2, -0.15) is 11.8 Å². The standard InChI is InChI=1S/C59H92N12O21S2/c1-5-34(2)52(69-48(79)27-60)57(85)64-29-49(80)66-42-33-94(87)59-39(24-36(30-72)65-58(86)53(35(3)43(75)31-73)68-47(78)25-37(74)28-63-55(83)41(26-45(61)76)67-56(42)84)38-8-9-44(88-4)40(54(38)70-59)32-93-23-7-6-13-62-46(77)12-15-89-17-19-91-21-22-92-20-18-90-16-14-71-50(81)10-11-51(71)82/h8-11,34-37,41-43,52-53,70,72-75H,5-7,12-33,60H2,1-4H3,(H2,61,76)(H,62,77)(H,63,83)(H,64,85)(H,65,86)(H,66,80)(H,67,84)(H,68,78)(H,69,79)/t34-,35-,36-,37+,41-,42-,43-,52-,53-,94?/m0/s1. The van der Waals surface area contributed by atoms with Crippen molar-refractivity contribution in [1.82, 2.24) is 52.4 Å². The molecule has 2 aromatic rings. The molecule has 33 nitrogen and oxygen atoms in total. The van der Waals surface area contributed by atoms with Crippen LogP contribution in [0, 0.1) is 11.8 Å². The number of amides is 11. The highest BCUT2D eigenvalue weighted by molar-refractivity contribution is 7.98. The van der Waals surface area contributed by atoms with E-state index in [0.717, 1.165) is 4.90 Å². The number of carbonyl (C=O) groups is 11. The Labute approximate surface area is 551 Å². The van der Waals surface area contributed by atoms with E-state index in [2.05, 4.69) is 47.5 Å². The second-order valence-corrected chi connectivity index (χ2v) is 24.7. The molecule has 35 heteroatoms. The van der Waals surface area contributed by atoms with Gasteiger partial charge in [0.05, 0.1) is 129 Å². The van der Waals surface area contributed by atoms with E-state index in [9.17, 15) is 73.2 Å². The van der Waals surface area contributed by atoms with Crippen molar-refractivity contribution in [3.63, 3.8) is 0 Å². The number of nitrogens with zero attached hydrogens (tertiary/aromatic N) is 1. The lowest BCUT2D eigenvalue weighted by Crippen LogP contribution is -2.58. The van der Waals surface area contributed by atoms with Crippen molar-refractivity contribution in [2.75, 3.05) is 117 Å².